The maximum atomic E-state index is 13.1. The number of nitrogens with zero attached hydrogens (tertiary/aromatic N) is 1. The van der Waals surface area contributed by atoms with Crippen LogP contribution in [0, 0.1) is 11.6 Å². The third-order valence-electron chi connectivity index (χ3n) is 3.26. The number of hydrogen-bond acceptors (Lipinski definition) is 2. The normalized spacial score (nSPS) is 12.3. The molecule has 3 nitrogen and oxygen atoms in total. The molecule has 0 bridgehead atoms. The summed E-state index contributed by atoms with van der Waals surface area (Å²) in [7, 11) is 0. The molecule has 1 aromatic heterocycles. The van der Waals surface area contributed by atoms with E-state index in [-0.39, 0.29) is 0 Å². The number of imidazole rings is 1. The molecule has 2 aromatic rings. The molecular weight excluding hydrogens is 224 g/mol. The summed E-state index contributed by atoms with van der Waals surface area (Å²) in [6.45, 7) is 3.91. The number of rotatable bonds is 3. The van der Waals surface area contributed by atoms with Crippen LogP contribution in [-0.4, -0.2) is 9.97 Å². The van der Waals surface area contributed by atoms with Crippen molar-refractivity contribution in [1.29, 1.82) is 0 Å². The van der Waals surface area contributed by atoms with Gasteiger partial charge in [0.1, 0.15) is 5.82 Å². The van der Waals surface area contributed by atoms with Crippen LogP contribution in [0.3, 0.4) is 0 Å². The van der Waals surface area contributed by atoms with Gasteiger partial charge in [-0.25, -0.2) is 13.8 Å². The fourth-order valence-electron chi connectivity index (χ4n) is 1.83. The summed E-state index contributed by atoms with van der Waals surface area (Å²) in [4.78, 5) is 7.20. The van der Waals surface area contributed by atoms with Gasteiger partial charge in [0.05, 0.1) is 16.6 Å². The third-order valence-corrected chi connectivity index (χ3v) is 3.26. The van der Waals surface area contributed by atoms with Crippen molar-refractivity contribution < 1.29 is 8.78 Å². The lowest BCUT2D eigenvalue weighted by Gasteiger charge is -2.23. The largest absolute Gasteiger partial charge is 0.340 e. The Hall–Kier alpha value is -1.49. The number of aromatic amines is 1. The summed E-state index contributed by atoms with van der Waals surface area (Å²) in [5.74, 6) is -1.21. The second kappa shape index (κ2) is 4.07. The van der Waals surface area contributed by atoms with Crippen LogP contribution in [0.4, 0.5) is 8.78 Å². The van der Waals surface area contributed by atoms with Crippen LogP contribution < -0.4 is 5.73 Å². The highest BCUT2D eigenvalue weighted by atomic mass is 19.2. The number of aromatic nitrogens is 2. The second-order valence-electron chi connectivity index (χ2n) is 4.23. The van der Waals surface area contributed by atoms with Crippen LogP contribution in [0.2, 0.25) is 0 Å². The topological polar surface area (TPSA) is 54.7 Å². The van der Waals surface area contributed by atoms with E-state index in [0.717, 1.165) is 12.1 Å². The SMILES string of the molecule is CCC(N)(CC)c1nc2cc(F)c(F)cc2[nH]1. The summed E-state index contributed by atoms with van der Waals surface area (Å²) >= 11 is 0. The van der Waals surface area contributed by atoms with Gasteiger partial charge in [-0.2, -0.15) is 0 Å². The predicted octanol–water partition coefficient (Wildman–Crippen LogP) is 2.82. The molecule has 0 aliphatic carbocycles. The van der Waals surface area contributed by atoms with Gasteiger partial charge in [-0.3, -0.25) is 0 Å². The molecule has 0 saturated carbocycles. The Labute approximate surface area is 98.0 Å². The van der Waals surface area contributed by atoms with Gasteiger partial charge in [-0.1, -0.05) is 13.8 Å². The maximum absolute atomic E-state index is 13.1. The van der Waals surface area contributed by atoms with E-state index in [2.05, 4.69) is 9.97 Å². The van der Waals surface area contributed by atoms with Crippen LogP contribution in [0.15, 0.2) is 12.1 Å². The van der Waals surface area contributed by atoms with Crippen molar-refractivity contribution in [2.75, 3.05) is 0 Å². The highest BCUT2D eigenvalue weighted by Gasteiger charge is 2.26. The molecule has 2 rings (SSSR count). The van der Waals surface area contributed by atoms with Crippen molar-refractivity contribution in [3.8, 4) is 0 Å². The summed E-state index contributed by atoms with van der Waals surface area (Å²) in [5.41, 5.74) is 6.47. The highest BCUT2D eigenvalue weighted by Crippen LogP contribution is 2.26. The van der Waals surface area contributed by atoms with Crippen molar-refractivity contribution in [3.63, 3.8) is 0 Å². The molecule has 1 heterocycles. The smallest absolute Gasteiger partial charge is 0.161 e. The van der Waals surface area contributed by atoms with Crippen molar-refractivity contribution >= 4 is 11.0 Å². The first-order valence-electron chi connectivity index (χ1n) is 5.64. The van der Waals surface area contributed by atoms with Gasteiger partial charge in [0, 0.05) is 12.1 Å². The zero-order valence-electron chi connectivity index (χ0n) is 9.85. The molecule has 17 heavy (non-hydrogen) atoms. The highest BCUT2D eigenvalue weighted by molar-refractivity contribution is 5.75. The molecular formula is C12H15F2N3. The van der Waals surface area contributed by atoms with E-state index in [1.54, 1.807) is 0 Å². The second-order valence-corrected chi connectivity index (χ2v) is 4.23. The molecule has 0 radical (unpaired) electrons. The molecule has 92 valence electrons. The van der Waals surface area contributed by atoms with Crippen LogP contribution in [0.1, 0.15) is 32.5 Å². The monoisotopic (exact) mass is 239 g/mol. The Bertz CT molecular complexity index is 505. The molecule has 0 saturated heterocycles. The fourth-order valence-corrected chi connectivity index (χ4v) is 1.83. The number of H-pyrrole nitrogens is 1. The number of fused-ring (bicyclic) bond motifs is 1. The summed E-state index contributed by atoms with van der Waals surface area (Å²) in [6.07, 6.45) is 1.41. The van der Waals surface area contributed by atoms with Gasteiger partial charge in [-0.05, 0) is 12.8 Å². The number of halogens is 2. The van der Waals surface area contributed by atoms with E-state index in [4.69, 9.17) is 5.73 Å². The zero-order valence-corrected chi connectivity index (χ0v) is 9.85. The average Bonchev–Trinajstić information content (AvgIpc) is 2.72. The lowest BCUT2D eigenvalue weighted by molar-refractivity contribution is 0.392. The van der Waals surface area contributed by atoms with Gasteiger partial charge in [0.2, 0.25) is 0 Å². The predicted molar refractivity (Wildman–Crippen MR) is 62.5 cm³/mol. The molecule has 0 unspecified atom stereocenters. The van der Waals surface area contributed by atoms with E-state index < -0.39 is 17.2 Å². The van der Waals surface area contributed by atoms with Crippen molar-refractivity contribution in [2.45, 2.75) is 32.2 Å². The Kier molecular flexibility index (Phi) is 2.87. The summed E-state index contributed by atoms with van der Waals surface area (Å²) in [6, 6.07) is 2.18. The Morgan fingerprint density at radius 1 is 1.24 bits per heavy atom. The van der Waals surface area contributed by atoms with Crippen molar-refractivity contribution in [3.05, 3.63) is 29.6 Å². The first-order chi connectivity index (χ1) is 8.00. The summed E-state index contributed by atoms with van der Waals surface area (Å²) < 4.78 is 26.1. The lowest BCUT2D eigenvalue weighted by Crippen LogP contribution is -2.36. The van der Waals surface area contributed by atoms with E-state index in [9.17, 15) is 8.78 Å². The zero-order chi connectivity index (χ0) is 12.6. The quantitative estimate of drug-likeness (QED) is 0.865. The van der Waals surface area contributed by atoms with Crippen LogP contribution >= 0.6 is 0 Å². The van der Waals surface area contributed by atoms with Crippen molar-refractivity contribution in [1.82, 2.24) is 9.97 Å². The Morgan fingerprint density at radius 2 is 1.82 bits per heavy atom. The summed E-state index contributed by atoms with van der Waals surface area (Å²) in [5, 5.41) is 0. The molecule has 0 spiro atoms. The van der Waals surface area contributed by atoms with Crippen LogP contribution in [0.25, 0.3) is 11.0 Å². The van der Waals surface area contributed by atoms with E-state index in [1.807, 2.05) is 13.8 Å². The number of benzene rings is 1. The molecule has 5 heteroatoms. The lowest BCUT2D eigenvalue weighted by atomic mass is 9.93. The van der Waals surface area contributed by atoms with Crippen LogP contribution in [0.5, 0.6) is 0 Å². The third kappa shape index (κ3) is 1.91. The fraction of sp³-hybridized carbons (Fsp3) is 0.417. The van der Waals surface area contributed by atoms with E-state index in [1.165, 1.54) is 0 Å². The number of hydrogen-bond donors (Lipinski definition) is 2. The van der Waals surface area contributed by atoms with Gasteiger partial charge in [0.15, 0.2) is 11.6 Å². The maximum Gasteiger partial charge on any atom is 0.161 e. The van der Waals surface area contributed by atoms with Crippen LogP contribution in [-0.2, 0) is 5.54 Å². The number of nitrogens with two attached hydrogens (primary N) is 1. The molecule has 0 aliphatic heterocycles. The Balaban J connectivity index is 2.58. The Morgan fingerprint density at radius 3 is 2.41 bits per heavy atom. The van der Waals surface area contributed by atoms with Crippen molar-refractivity contribution in [2.24, 2.45) is 5.73 Å². The molecule has 0 atom stereocenters. The van der Waals surface area contributed by atoms with E-state index in [0.29, 0.717) is 29.7 Å². The molecule has 0 amide bonds. The molecule has 0 aliphatic rings. The van der Waals surface area contributed by atoms with Gasteiger partial charge in [0.25, 0.3) is 0 Å². The minimum absolute atomic E-state index is 0.399. The van der Waals surface area contributed by atoms with Gasteiger partial charge < -0.3 is 10.7 Å². The van der Waals surface area contributed by atoms with Gasteiger partial charge in [-0.15, -0.1) is 0 Å². The first-order valence-corrected chi connectivity index (χ1v) is 5.64. The molecule has 1 aromatic carbocycles. The number of nitrogens with one attached hydrogen (secondary N) is 1. The standard InChI is InChI=1S/C12H15F2N3/c1-3-12(15,4-2)11-16-9-5-7(13)8(14)6-10(9)17-11/h5-6H,3-4,15H2,1-2H3,(H,16,17). The average molecular weight is 239 g/mol. The molecule has 0 fully saturated rings. The minimum atomic E-state index is -0.897. The molecule has 3 N–H and O–H groups in total. The van der Waals surface area contributed by atoms with Gasteiger partial charge >= 0.3 is 0 Å². The first kappa shape index (κ1) is 12.0. The van der Waals surface area contributed by atoms with E-state index >= 15 is 0 Å². The minimum Gasteiger partial charge on any atom is -0.340 e.